The number of thioether (sulfide) groups is 1. The topological polar surface area (TPSA) is 92.4 Å². The molecule has 2 aromatic carbocycles. The van der Waals surface area contributed by atoms with Gasteiger partial charge in [-0.05, 0) is 54.1 Å². The van der Waals surface area contributed by atoms with Crippen molar-refractivity contribution >= 4 is 35.5 Å². The van der Waals surface area contributed by atoms with Gasteiger partial charge in [0, 0.05) is 17.6 Å². The normalized spacial score (nSPS) is 11.0. The van der Waals surface area contributed by atoms with E-state index in [9.17, 15) is 9.90 Å². The van der Waals surface area contributed by atoms with Crippen LogP contribution in [0.4, 0.5) is 0 Å². The smallest absolute Gasteiger partial charge is 0.250 e. The Labute approximate surface area is 165 Å². The minimum atomic E-state index is -0.258. The fraction of sp³-hybridized carbons (Fsp3) is 0.111. The summed E-state index contributed by atoms with van der Waals surface area (Å²) in [7, 11) is 1.84. The monoisotopic (exact) mass is 401 g/mol. The molecule has 1 aromatic heterocycles. The number of phenolic OH excluding ortho intramolecular Hbond substituents is 1. The van der Waals surface area contributed by atoms with Crippen LogP contribution in [0.15, 0.2) is 58.8 Å². The minimum absolute atomic E-state index is 0.152. The van der Waals surface area contributed by atoms with Crippen LogP contribution in [0.2, 0.25) is 5.02 Å². The van der Waals surface area contributed by atoms with Gasteiger partial charge < -0.3 is 9.67 Å². The van der Waals surface area contributed by atoms with Gasteiger partial charge in [-0.15, -0.1) is 10.2 Å². The quantitative estimate of drug-likeness (QED) is 0.376. The van der Waals surface area contributed by atoms with E-state index in [2.05, 4.69) is 20.7 Å². The van der Waals surface area contributed by atoms with Crippen LogP contribution in [0.5, 0.6) is 5.75 Å². The molecule has 0 aliphatic rings. The molecule has 0 unspecified atom stereocenters. The summed E-state index contributed by atoms with van der Waals surface area (Å²) in [5.41, 5.74) is 4.11. The first kappa shape index (κ1) is 18.9. The summed E-state index contributed by atoms with van der Waals surface area (Å²) in [6, 6.07) is 13.8. The van der Waals surface area contributed by atoms with Crippen LogP contribution in [0.1, 0.15) is 5.56 Å². The highest BCUT2D eigenvalue weighted by atomic mass is 35.5. The highest BCUT2D eigenvalue weighted by molar-refractivity contribution is 7.99. The minimum Gasteiger partial charge on any atom is -0.508 e. The van der Waals surface area contributed by atoms with Crippen molar-refractivity contribution in [2.45, 2.75) is 5.16 Å². The number of nitrogens with one attached hydrogen (secondary N) is 1. The van der Waals surface area contributed by atoms with Gasteiger partial charge in [0.15, 0.2) is 11.0 Å². The first-order valence-corrected chi connectivity index (χ1v) is 9.28. The second-order valence-corrected chi connectivity index (χ2v) is 6.92. The molecule has 9 heteroatoms. The van der Waals surface area contributed by atoms with Gasteiger partial charge in [-0.1, -0.05) is 23.4 Å². The fourth-order valence-electron chi connectivity index (χ4n) is 2.19. The number of hydrogen-bond donors (Lipinski definition) is 2. The van der Waals surface area contributed by atoms with Crippen molar-refractivity contribution in [1.82, 2.24) is 20.2 Å². The Bertz CT molecular complexity index is 955. The predicted molar refractivity (Wildman–Crippen MR) is 106 cm³/mol. The van der Waals surface area contributed by atoms with Crippen LogP contribution in [-0.2, 0) is 11.8 Å². The van der Waals surface area contributed by atoms with E-state index in [-0.39, 0.29) is 17.4 Å². The van der Waals surface area contributed by atoms with Crippen LogP contribution < -0.4 is 5.43 Å². The number of hydrogen-bond acceptors (Lipinski definition) is 6. The van der Waals surface area contributed by atoms with E-state index in [1.54, 1.807) is 36.4 Å². The van der Waals surface area contributed by atoms with Gasteiger partial charge in [-0.3, -0.25) is 4.79 Å². The molecule has 0 fully saturated rings. The summed E-state index contributed by atoms with van der Waals surface area (Å²) in [5.74, 6) is 0.764. The van der Waals surface area contributed by atoms with Crippen molar-refractivity contribution < 1.29 is 9.90 Å². The van der Waals surface area contributed by atoms with Crippen molar-refractivity contribution in [3.8, 4) is 17.1 Å². The van der Waals surface area contributed by atoms with E-state index in [1.807, 2.05) is 23.7 Å². The molecule has 0 aliphatic heterocycles. The van der Waals surface area contributed by atoms with Crippen LogP contribution in [-0.4, -0.2) is 37.7 Å². The summed E-state index contributed by atoms with van der Waals surface area (Å²) in [6.45, 7) is 0. The van der Waals surface area contributed by atoms with Gasteiger partial charge in [0.2, 0.25) is 0 Å². The Morgan fingerprint density at radius 2 is 1.93 bits per heavy atom. The van der Waals surface area contributed by atoms with Crippen molar-refractivity contribution in [1.29, 1.82) is 0 Å². The average Bonchev–Trinajstić information content (AvgIpc) is 3.03. The molecule has 0 bridgehead atoms. The number of rotatable bonds is 6. The third kappa shape index (κ3) is 5.08. The Hall–Kier alpha value is -2.84. The van der Waals surface area contributed by atoms with Gasteiger partial charge in [0.1, 0.15) is 5.75 Å². The lowest BCUT2D eigenvalue weighted by molar-refractivity contribution is -0.118. The molecule has 0 spiro atoms. The summed E-state index contributed by atoms with van der Waals surface area (Å²) >= 11 is 7.17. The van der Waals surface area contributed by atoms with Crippen LogP contribution >= 0.6 is 23.4 Å². The van der Waals surface area contributed by atoms with Crippen molar-refractivity contribution in [2.75, 3.05) is 5.75 Å². The van der Waals surface area contributed by atoms with E-state index in [0.29, 0.717) is 16.0 Å². The second kappa shape index (κ2) is 8.70. The molecule has 0 atom stereocenters. The molecule has 0 radical (unpaired) electrons. The standard InChI is InChI=1S/C18H16ClN5O2S/c1-24-17(13-4-6-14(19)7-5-13)22-23-18(24)27-11-16(26)21-20-10-12-2-8-15(25)9-3-12/h2-10,25H,11H2,1H3,(H,21,26). The summed E-state index contributed by atoms with van der Waals surface area (Å²) < 4.78 is 1.82. The van der Waals surface area contributed by atoms with Crippen molar-refractivity contribution in [3.05, 3.63) is 59.1 Å². The number of aromatic nitrogens is 3. The van der Waals surface area contributed by atoms with Crippen LogP contribution in [0.25, 0.3) is 11.4 Å². The number of carbonyl (C=O) groups is 1. The molecule has 1 heterocycles. The Balaban J connectivity index is 1.54. The van der Waals surface area contributed by atoms with Crippen LogP contribution in [0, 0.1) is 0 Å². The third-order valence-corrected chi connectivity index (χ3v) is 4.84. The maximum absolute atomic E-state index is 11.9. The van der Waals surface area contributed by atoms with E-state index in [1.165, 1.54) is 18.0 Å². The van der Waals surface area contributed by atoms with E-state index in [0.717, 1.165) is 11.1 Å². The molecule has 27 heavy (non-hydrogen) atoms. The van der Waals surface area contributed by atoms with E-state index < -0.39 is 0 Å². The van der Waals surface area contributed by atoms with Gasteiger partial charge in [-0.25, -0.2) is 5.43 Å². The predicted octanol–water partition coefficient (Wildman–Crippen LogP) is 3.08. The number of benzene rings is 2. The Morgan fingerprint density at radius 3 is 2.63 bits per heavy atom. The highest BCUT2D eigenvalue weighted by Crippen LogP contribution is 2.23. The number of hydrazone groups is 1. The number of phenols is 1. The number of aromatic hydroxyl groups is 1. The number of carbonyl (C=O) groups excluding carboxylic acids is 1. The SMILES string of the molecule is Cn1c(SCC(=O)NN=Cc2ccc(O)cc2)nnc1-c1ccc(Cl)cc1. The third-order valence-electron chi connectivity index (χ3n) is 3.57. The molecule has 0 saturated heterocycles. The van der Waals surface area contributed by atoms with Crippen molar-refractivity contribution in [2.24, 2.45) is 12.1 Å². The molecular weight excluding hydrogens is 386 g/mol. The lowest BCUT2D eigenvalue weighted by atomic mass is 10.2. The van der Waals surface area contributed by atoms with Gasteiger partial charge in [-0.2, -0.15) is 5.10 Å². The molecule has 0 saturated carbocycles. The lowest BCUT2D eigenvalue weighted by Crippen LogP contribution is -2.19. The fourth-order valence-corrected chi connectivity index (χ4v) is 3.02. The van der Waals surface area contributed by atoms with Crippen LogP contribution in [0.3, 0.4) is 0 Å². The van der Waals surface area contributed by atoms with E-state index in [4.69, 9.17) is 11.6 Å². The maximum atomic E-state index is 11.9. The summed E-state index contributed by atoms with van der Waals surface area (Å²) in [4.78, 5) is 11.9. The number of amides is 1. The highest BCUT2D eigenvalue weighted by Gasteiger charge is 2.12. The molecule has 0 aliphatic carbocycles. The summed E-state index contributed by atoms with van der Waals surface area (Å²) in [5, 5.41) is 22.7. The number of nitrogens with zero attached hydrogens (tertiary/aromatic N) is 4. The Morgan fingerprint density at radius 1 is 1.22 bits per heavy atom. The van der Waals surface area contributed by atoms with Gasteiger partial charge >= 0.3 is 0 Å². The second-order valence-electron chi connectivity index (χ2n) is 5.55. The molecule has 138 valence electrons. The Kier molecular flexibility index (Phi) is 6.10. The van der Waals surface area contributed by atoms with Gasteiger partial charge in [0.25, 0.3) is 5.91 Å². The molecular formula is C18H16ClN5O2S. The largest absolute Gasteiger partial charge is 0.508 e. The maximum Gasteiger partial charge on any atom is 0.250 e. The van der Waals surface area contributed by atoms with E-state index >= 15 is 0 Å². The average molecular weight is 402 g/mol. The zero-order chi connectivity index (χ0) is 19.2. The molecule has 1 amide bonds. The molecule has 3 aromatic rings. The zero-order valence-corrected chi connectivity index (χ0v) is 15.9. The molecule has 2 N–H and O–H groups in total. The van der Waals surface area contributed by atoms with Gasteiger partial charge in [0.05, 0.1) is 12.0 Å². The molecule has 3 rings (SSSR count). The first-order chi connectivity index (χ1) is 13.0. The lowest BCUT2D eigenvalue weighted by Gasteiger charge is -2.04. The number of halogens is 1. The molecule has 7 nitrogen and oxygen atoms in total. The zero-order valence-electron chi connectivity index (χ0n) is 14.3. The van der Waals surface area contributed by atoms with Crippen molar-refractivity contribution in [3.63, 3.8) is 0 Å². The summed E-state index contributed by atoms with van der Waals surface area (Å²) in [6.07, 6.45) is 1.50. The first-order valence-electron chi connectivity index (χ1n) is 7.92.